The van der Waals surface area contributed by atoms with Gasteiger partial charge in [-0.05, 0) is 37.1 Å². The van der Waals surface area contributed by atoms with Crippen LogP contribution in [0.4, 0.5) is 5.69 Å². The monoisotopic (exact) mass is 436 g/mol. The van der Waals surface area contributed by atoms with Gasteiger partial charge in [0.1, 0.15) is 0 Å². The van der Waals surface area contributed by atoms with E-state index >= 15 is 0 Å². The lowest BCUT2D eigenvalue weighted by Gasteiger charge is -2.09. The maximum Gasteiger partial charge on any atom is 0.256 e. The van der Waals surface area contributed by atoms with Crippen LogP contribution in [0.25, 0.3) is 22.2 Å². The summed E-state index contributed by atoms with van der Waals surface area (Å²) in [5.74, 6) is -0.201. The number of amides is 1. The summed E-state index contributed by atoms with van der Waals surface area (Å²) in [5.41, 5.74) is 5.97. The first-order chi connectivity index (χ1) is 16.1. The summed E-state index contributed by atoms with van der Waals surface area (Å²) in [7, 11) is 0. The first kappa shape index (κ1) is 20.6. The number of hydrogen-bond acceptors (Lipinski definition) is 4. The Labute approximate surface area is 191 Å². The lowest BCUT2D eigenvalue weighted by Crippen LogP contribution is -2.12. The average molecular weight is 437 g/mol. The number of hydrogen-bond donors (Lipinski definition) is 1. The molecular weight excluding hydrogens is 412 g/mol. The molecule has 33 heavy (non-hydrogen) atoms. The van der Waals surface area contributed by atoms with E-state index in [9.17, 15) is 4.79 Å². The number of carbonyl (C=O) groups is 1. The minimum absolute atomic E-state index is 0.201. The molecule has 0 saturated carbocycles. The van der Waals surface area contributed by atoms with E-state index in [2.05, 4.69) is 34.6 Å². The molecule has 5 rings (SSSR count). The van der Waals surface area contributed by atoms with Gasteiger partial charge in [0, 0.05) is 29.9 Å². The maximum atomic E-state index is 13.3. The topological polar surface area (TPSA) is 77.6 Å². The summed E-state index contributed by atoms with van der Waals surface area (Å²) in [6, 6.07) is 17.7. The number of anilines is 1. The Balaban J connectivity index is 1.44. The average Bonchev–Trinajstić information content (AvgIpc) is 3.49. The second-order valence-corrected chi connectivity index (χ2v) is 7.96. The number of benzene rings is 2. The molecule has 3 heterocycles. The van der Waals surface area contributed by atoms with Crippen molar-refractivity contribution in [3.63, 3.8) is 0 Å². The van der Waals surface area contributed by atoms with Crippen LogP contribution in [0.1, 0.15) is 28.4 Å². The van der Waals surface area contributed by atoms with Gasteiger partial charge in [0.15, 0.2) is 0 Å². The van der Waals surface area contributed by atoms with E-state index in [-0.39, 0.29) is 5.91 Å². The van der Waals surface area contributed by atoms with Crippen LogP contribution >= 0.6 is 0 Å². The van der Waals surface area contributed by atoms with Crippen LogP contribution in [-0.2, 0) is 13.1 Å². The van der Waals surface area contributed by atoms with Crippen LogP contribution < -0.4 is 5.32 Å². The van der Waals surface area contributed by atoms with Crippen molar-refractivity contribution in [3.8, 4) is 11.3 Å². The van der Waals surface area contributed by atoms with E-state index in [0.717, 1.165) is 23.0 Å². The fourth-order valence-electron chi connectivity index (χ4n) is 3.85. The van der Waals surface area contributed by atoms with Gasteiger partial charge < -0.3 is 5.32 Å². The number of aryl methyl sites for hydroxylation is 2. The van der Waals surface area contributed by atoms with Crippen molar-refractivity contribution < 1.29 is 4.79 Å². The standard InChI is InChI=1S/C26H24N6O/c1-3-31-16-20(13-27-31)25-12-23(22-10-6-7-11-24(22)30-25)26(33)29-21-14-28-32(17-21)15-19-9-5-4-8-18(19)2/h4-14,16-17H,3,15H2,1-2H3,(H,29,33). The first-order valence-corrected chi connectivity index (χ1v) is 10.9. The largest absolute Gasteiger partial charge is 0.319 e. The van der Waals surface area contributed by atoms with Gasteiger partial charge in [-0.15, -0.1) is 0 Å². The minimum Gasteiger partial charge on any atom is -0.319 e. The van der Waals surface area contributed by atoms with Crippen molar-refractivity contribution in [3.05, 3.63) is 96.1 Å². The van der Waals surface area contributed by atoms with Crippen molar-refractivity contribution in [2.45, 2.75) is 26.9 Å². The van der Waals surface area contributed by atoms with Crippen molar-refractivity contribution >= 4 is 22.5 Å². The predicted molar refractivity (Wildman–Crippen MR) is 129 cm³/mol. The Morgan fingerprint density at radius 2 is 1.76 bits per heavy atom. The highest BCUT2D eigenvalue weighted by Crippen LogP contribution is 2.25. The number of nitrogens with zero attached hydrogens (tertiary/aromatic N) is 5. The van der Waals surface area contributed by atoms with Gasteiger partial charge in [0.05, 0.1) is 41.4 Å². The smallest absolute Gasteiger partial charge is 0.256 e. The molecule has 0 unspecified atom stereocenters. The highest BCUT2D eigenvalue weighted by Gasteiger charge is 2.16. The molecule has 164 valence electrons. The molecule has 0 radical (unpaired) electrons. The van der Waals surface area contributed by atoms with Crippen LogP contribution in [0.15, 0.2) is 79.4 Å². The van der Waals surface area contributed by atoms with Crippen LogP contribution in [0.3, 0.4) is 0 Å². The van der Waals surface area contributed by atoms with Crippen LogP contribution in [0, 0.1) is 6.92 Å². The molecular formula is C26H24N6O. The molecule has 3 aromatic heterocycles. The molecule has 7 nitrogen and oxygen atoms in total. The van der Waals surface area contributed by atoms with Crippen molar-refractivity contribution in [1.29, 1.82) is 0 Å². The van der Waals surface area contributed by atoms with E-state index in [0.29, 0.717) is 23.5 Å². The number of rotatable bonds is 6. The Morgan fingerprint density at radius 1 is 0.970 bits per heavy atom. The zero-order chi connectivity index (χ0) is 22.8. The zero-order valence-corrected chi connectivity index (χ0v) is 18.6. The molecule has 0 fully saturated rings. The predicted octanol–water partition coefficient (Wildman–Crippen LogP) is 4.92. The van der Waals surface area contributed by atoms with Crippen LogP contribution in [0.2, 0.25) is 0 Å². The van der Waals surface area contributed by atoms with E-state index < -0.39 is 0 Å². The molecule has 5 aromatic rings. The molecule has 0 aliphatic carbocycles. The summed E-state index contributed by atoms with van der Waals surface area (Å²) >= 11 is 0. The molecule has 7 heteroatoms. The van der Waals surface area contributed by atoms with Gasteiger partial charge in [-0.25, -0.2) is 4.98 Å². The van der Waals surface area contributed by atoms with Gasteiger partial charge >= 0.3 is 0 Å². The normalized spacial score (nSPS) is 11.1. The van der Waals surface area contributed by atoms with Gasteiger partial charge in [-0.1, -0.05) is 42.5 Å². The Kier molecular flexibility index (Phi) is 5.44. The molecule has 0 atom stereocenters. The quantitative estimate of drug-likeness (QED) is 0.410. The number of carbonyl (C=O) groups excluding carboxylic acids is 1. The third kappa shape index (κ3) is 4.25. The molecule has 2 aromatic carbocycles. The van der Waals surface area contributed by atoms with Gasteiger partial charge in [0.2, 0.25) is 0 Å². The third-order valence-electron chi connectivity index (χ3n) is 5.70. The number of fused-ring (bicyclic) bond motifs is 1. The van der Waals surface area contributed by atoms with Gasteiger partial charge in [-0.2, -0.15) is 10.2 Å². The summed E-state index contributed by atoms with van der Waals surface area (Å²) < 4.78 is 3.67. The SMILES string of the molecule is CCn1cc(-c2cc(C(=O)Nc3cnn(Cc4ccccc4C)c3)c3ccccc3n2)cn1. The van der Waals surface area contributed by atoms with Crippen molar-refractivity contribution in [2.75, 3.05) is 5.32 Å². The van der Waals surface area contributed by atoms with Crippen LogP contribution in [-0.4, -0.2) is 30.5 Å². The molecule has 0 spiro atoms. The van der Waals surface area contributed by atoms with E-state index in [4.69, 9.17) is 4.98 Å². The highest BCUT2D eigenvalue weighted by atomic mass is 16.1. The van der Waals surface area contributed by atoms with Crippen molar-refractivity contribution in [1.82, 2.24) is 24.5 Å². The number of pyridine rings is 1. The van der Waals surface area contributed by atoms with E-state index in [1.807, 2.05) is 71.1 Å². The molecule has 0 bridgehead atoms. The Hall–Kier alpha value is -4.26. The second kappa shape index (κ2) is 8.70. The fourth-order valence-corrected chi connectivity index (χ4v) is 3.85. The second-order valence-electron chi connectivity index (χ2n) is 7.96. The Bertz CT molecular complexity index is 1450. The van der Waals surface area contributed by atoms with Crippen LogP contribution in [0.5, 0.6) is 0 Å². The minimum atomic E-state index is -0.201. The van der Waals surface area contributed by atoms with Gasteiger partial charge in [0.25, 0.3) is 5.91 Å². The summed E-state index contributed by atoms with van der Waals surface area (Å²) in [6.45, 7) is 5.53. The first-order valence-electron chi connectivity index (χ1n) is 10.9. The summed E-state index contributed by atoms with van der Waals surface area (Å²) in [6.07, 6.45) is 7.23. The summed E-state index contributed by atoms with van der Waals surface area (Å²) in [4.78, 5) is 18.1. The van der Waals surface area contributed by atoms with E-state index in [1.54, 1.807) is 12.4 Å². The number of para-hydroxylation sites is 1. The highest BCUT2D eigenvalue weighted by molar-refractivity contribution is 6.13. The lowest BCUT2D eigenvalue weighted by atomic mass is 10.0. The summed E-state index contributed by atoms with van der Waals surface area (Å²) in [5, 5.41) is 12.6. The zero-order valence-electron chi connectivity index (χ0n) is 18.6. The van der Waals surface area contributed by atoms with Crippen molar-refractivity contribution in [2.24, 2.45) is 0 Å². The number of aromatic nitrogens is 5. The van der Waals surface area contributed by atoms with Gasteiger partial charge in [-0.3, -0.25) is 14.2 Å². The molecule has 1 N–H and O–H groups in total. The van der Waals surface area contributed by atoms with E-state index in [1.165, 1.54) is 11.1 Å². The number of nitrogens with one attached hydrogen (secondary N) is 1. The molecule has 0 aliphatic heterocycles. The Morgan fingerprint density at radius 3 is 2.58 bits per heavy atom. The third-order valence-corrected chi connectivity index (χ3v) is 5.70. The molecule has 1 amide bonds. The lowest BCUT2D eigenvalue weighted by molar-refractivity contribution is 0.102. The molecule has 0 aliphatic rings. The maximum absolute atomic E-state index is 13.3. The fraction of sp³-hybridized carbons (Fsp3) is 0.154. The molecule has 0 saturated heterocycles.